The lowest BCUT2D eigenvalue weighted by molar-refractivity contribution is 0.0488. The maximum atomic E-state index is 11.7. The number of guanidine groups is 1. The van der Waals surface area contributed by atoms with Crippen LogP contribution in [0.25, 0.3) is 0 Å². The topological polar surface area (TPSA) is 71.0 Å². The standard InChI is InChI=1S/C19H35N3O3S/c1-15(2)11-20-19(21-12-16-6-10-26(23,24)14-16)22-7-3-18(13-22)17-4-8-25-9-5-17/h15-18H,3-14H2,1-2H3,(H,20,21). The molecular formula is C19H35N3O3S. The number of ether oxygens (including phenoxy) is 1. The van der Waals surface area contributed by atoms with Gasteiger partial charge >= 0.3 is 0 Å². The van der Waals surface area contributed by atoms with Gasteiger partial charge in [-0.3, -0.25) is 4.99 Å². The van der Waals surface area contributed by atoms with Crippen LogP contribution < -0.4 is 5.32 Å². The molecule has 150 valence electrons. The van der Waals surface area contributed by atoms with Crippen LogP contribution in [0.2, 0.25) is 0 Å². The van der Waals surface area contributed by atoms with Crippen LogP contribution in [0.3, 0.4) is 0 Å². The summed E-state index contributed by atoms with van der Waals surface area (Å²) in [5.41, 5.74) is 0. The van der Waals surface area contributed by atoms with Crippen molar-refractivity contribution < 1.29 is 13.2 Å². The second kappa shape index (κ2) is 8.91. The van der Waals surface area contributed by atoms with E-state index in [1.165, 1.54) is 19.3 Å². The molecule has 3 aliphatic heterocycles. The minimum absolute atomic E-state index is 0.221. The fraction of sp³-hybridized carbons (Fsp3) is 0.947. The molecule has 0 radical (unpaired) electrons. The molecule has 26 heavy (non-hydrogen) atoms. The van der Waals surface area contributed by atoms with Gasteiger partial charge in [-0.1, -0.05) is 13.8 Å². The van der Waals surface area contributed by atoms with E-state index in [-0.39, 0.29) is 5.92 Å². The monoisotopic (exact) mass is 385 g/mol. The van der Waals surface area contributed by atoms with Crippen LogP contribution >= 0.6 is 0 Å². The zero-order valence-electron chi connectivity index (χ0n) is 16.3. The van der Waals surface area contributed by atoms with Gasteiger partial charge in [-0.2, -0.15) is 0 Å². The van der Waals surface area contributed by atoms with Gasteiger partial charge in [0.1, 0.15) is 0 Å². The summed E-state index contributed by atoms with van der Waals surface area (Å²) in [5.74, 6) is 3.90. The molecule has 2 atom stereocenters. The van der Waals surface area contributed by atoms with Crippen molar-refractivity contribution in [3.63, 3.8) is 0 Å². The highest BCUT2D eigenvalue weighted by Gasteiger charge is 2.33. The molecule has 6 nitrogen and oxygen atoms in total. The smallest absolute Gasteiger partial charge is 0.193 e. The molecule has 0 aromatic carbocycles. The van der Waals surface area contributed by atoms with E-state index in [2.05, 4.69) is 24.1 Å². The Morgan fingerprint density at radius 3 is 2.62 bits per heavy atom. The van der Waals surface area contributed by atoms with E-state index in [0.717, 1.165) is 57.1 Å². The summed E-state index contributed by atoms with van der Waals surface area (Å²) < 4.78 is 28.9. The summed E-state index contributed by atoms with van der Waals surface area (Å²) in [6.45, 7) is 9.82. The van der Waals surface area contributed by atoms with Gasteiger partial charge in [0.2, 0.25) is 0 Å². The average Bonchev–Trinajstić information content (AvgIpc) is 3.22. The summed E-state index contributed by atoms with van der Waals surface area (Å²) in [7, 11) is -2.82. The fourth-order valence-corrected chi connectivity index (χ4v) is 6.22. The Hall–Kier alpha value is -0.820. The molecule has 0 aliphatic carbocycles. The molecule has 0 aromatic heterocycles. The quantitative estimate of drug-likeness (QED) is 0.577. The average molecular weight is 386 g/mol. The normalized spacial score (nSPS) is 30.3. The van der Waals surface area contributed by atoms with E-state index in [1.54, 1.807) is 0 Å². The van der Waals surface area contributed by atoms with E-state index in [1.807, 2.05) is 0 Å². The zero-order valence-corrected chi connectivity index (χ0v) is 17.1. The molecule has 3 heterocycles. The summed E-state index contributed by atoms with van der Waals surface area (Å²) in [4.78, 5) is 7.23. The Labute approximate surface area is 158 Å². The maximum Gasteiger partial charge on any atom is 0.193 e. The van der Waals surface area contributed by atoms with Crippen LogP contribution in [-0.4, -0.2) is 70.2 Å². The van der Waals surface area contributed by atoms with Crippen LogP contribution in [-0.2, 0) is 14.6 Å². The summed E-state index contributed by atoms with van der Waals surface area (Å²) in [6, 6.07) is 0. The molecule has 3 saturated heterocycles. The van der Waals surface area contributed by atoms with E-state index in [0.29, 0.717) is 24.0 Å². The van der Waals surface area contributed by atoms with Gasteiger partial charge in [-0.25, -0.2) is 8.42 Å². The number of rotatable bonds is 5. The third-order valence-corrected chi connectivity index (χ3v) is 7.78. The lowest BCUT2D eigenvalue weighted by Crippen LogP contribution is -2.43. The van der Waals surface area contributed by atoms with Gasteiger partial charge in [0, 0.05) is 39.4 Å². The molecule has 0 amide bonds. The third-order valence-electron chi connectivity index (χ3n) is 5.94. The first-order valence-electron chi connectivity index (χ1n) is 10.2. The van der Waals surface area contributed by atoms with Crippen molar-refractivity contribution in [3.8, 4) is 0 Å². The number of aliphatic imine (C=N–C) groups is 1. The van der Waals surface area contributed by atoms with Crippen molar-refractivity contribution >= 4 is 15.8 Å². The van der Waals surface area contributed by atoms with Gasteiger partial charge in [-0.05, 0) is 49.4 Å². The molecule has 1 N–H and O–H groups in total. The van der Waals surface area contributed by atoms with Crippen LogP contribution in [0.4, 0.5) is 0 Å². The maximum absolute atomic E-state index is 11.7. The summed E-state index contributed by atoms with van der Waals surface area (Å²) in [6.07, 6.45) is 4.37. The Morgan fingerprint density at radius 2 is 1.96 bits per heavy atom. The number of nitrogens with zero attached hydrogens (tertiary/aromatic N) is 2. The van der Waals surface area contributed by atoms with Crippen molar-refractivity contribution in [1.29, 1.82) is 0 Å². The summed E-state index contributed by atoms with van der Waals surface area (Å²) >= 11 is 0. The third kappa shape index (κ3) is 5.59. The van der Waals surface area contributed by atoms with Crippen LogP contribution in [0.5, 0.6) is 0 Å². The van der Waals surface area contributed by atoms with Gasteiger partial charge in [0.25, 0.3) is 0 Å². The fourth-order valence-electron chi connectivity index (χ4n) is 4.36. The Balaban J connectivity index is 1.56. The van der Waals surface area contributed by atoms with Crippen LogP contribution in [0, 0.1) is 23.7 Å². The SMILES string of the molecule is CC(C)CN=C(NCC1CCS(=O)(=O)C1)N1CCC(C2CCOCC2)C1. The second-order valence-electron chi connectivity index (χ2n) is 8.65. The molecule has 0 spiro atoms. The molecule has 2 unspecified atom stereocenters. The Kier molecular flexibility index (Phi) is 6.83. The molecule has 3 aliphatic rings. The van der Waals surface area contributed by atoms with Gasteiger partial charge in [0.15, 0.2) is 15.8 Å². The van der Waals surface area contributed by atoms with E-state index < -0.39 is 9.84 Å². The molecular weight excluding hydrogens is 350 g/mol. The lowest BCUT2D eigenvalue weighted by atomic mass is 9.85. The summed E-state index contributed by atoms with van der Waals surface area (Å²) in [5, 5.41) is 3.51. The Bertz CT molecular complexity index is 585. The van der Waals surface area contributed by atoms with E-state index >= 15 is 0 Å². The van der Waals surface area contributed by atoms with E-state index in [4.69, 9.17) is 9.73 Å². The highest BCUT2D eigenvalue weighted by Crippen LogP contribution is 2.31. The highest BCUT2D eigenvalue weighted by atomic mass is 32.2. The molecule has 3 rings (SSSR count). The van der Waals surface area contributed by atoms with Gasteiger partial charge in [-0.15, -0.1) is 0 Å². The minimum atomic E-state index is -2.82. The first-order valence-corrected chi connectivity index (χ1v) is 12.1. The van der Waals surface area contributed by atoms with E-state index in [9.17, 15) is 8.42 Å². The number of hydrogen-bond donors (Lipinski definition) is 1. The van der Waals surface area contributed by atoms with Crippen molar-refractivity contribution in [3.05, 3.63) is 0 Å². The first kappa shape index (κ1) is 19.9. The second-order valence-corrected chi connectivity index (χ2v) is 10.9. The molecule has 3 fully saturated rings. The molecule has 0 saturated carbocycles. The number of nitrogens with one attached hydrogen (secondary N) is 1. The predicted octanol–water partition coefficient (Wildman–Crippen LogP) is 1.77. The van der Waals surface area contributed by atoms with Crippen molar-refractivity contribution in [1.82, 2.24) is 10.2 Å². The number of likely N-dealkylation sites (tertiary alicyclic amines) is 1. The molecule has 7 heteroatoms. The van der Waals surface area contributed by atoms with Crippen molar-refractivity contribution in [2.75, 3.05) is 50.9 Å². The highest BCUT2D eigenvalue weighted by molar-refractivity contribution is 7.91. The van der Waals surface area contributed by atoms with Crippen molar-refractivity contribution in [2.24, 2.45) is 28.7 Å². The van der Waals surface area contributed by atoms with Crippen LogP contribution in [0.1, 0.15) is 39.5 Å². The molecule has 0 bridgehead atoms. The van der Waals surface area contributed by atoms with Gasteiger partial charge < -0.3 is 15.0 Å². The lowest BCUT2D eigenvalue weighted by Gasteiger charge is -2.28. The van der Waals surface area contributed by atoms with Crippen LogP contribution in [0.15, 0.2) is 4.99 Å². The number of hydrogen-bond acceptors (Lipinski definition) is 4. The van der Waals surface area contributed by atoms with Gasteiger partial charge in [0.05, 0.1) is 11.5 Å². The minimum Gasteiger partial charge on any atom is -0.381 e. The Morgan fingerprint density at radius 1 is 1.19 bits per heavy atom. The molecule has 0 aromatic rings. The number of sulfone groups is 1. The largest absolute Gasteiger partial charge is 0.381 e. The zero-order chi connectivity index (χ0) is 18.6. The first-order chi connectivity index (χ1) is 12.4. The predicted molar refractivity (Wildman–Crippen MR) is 105 cm³/mol. The van der Waals surface area contributed by atoms with Crippen molar-refractivity contribution in [2.45, 2.75) is 39.5 Å².